The van der Waals surface area contributed by atoms with Crippen LogP contribution in [0.2, 0.25) is 0 Å². The van der Waals surface area contributed by atoms with Crippen LogP contribution in [0.3, 0.4) is 0 Å². The standard InChI is InChI=1S/C21H18F3N5O3/c22-21(23,24)15-3-1-2-13(8-15)19-27-20(32-28-19)14-9-29(10-14)11-17(30)26-16-6-4-12(5-7-16)18(25)31/h1-8,14H,9-11H2,(H2,25,31)(H,26,30). The predicted molar refractivity (Wildman–Crippen MR) is 108 cm³/mol. The Morgan fingerprint density at radius 1 is 1.16 bits per heavy atom. The minimum Gasteiger partial charge on any atom is -0.366 e. The maximum Gasteiger partial charge on any atom is 0.416 e. The van der Waals surface area contributed by atoms with Crippen molar-refractivity contribution in [2.75, 3.05) is 25.0 Å². The summed E-state index contributed by atoms with van der Waals surface area (Å²) in [6.45, 7) is 1.14. The Hall–Kier alpha value is -3.73. The van der Waals surface area contributed by atoms with Gasteiger partial charge in [-0.3, -0.25) is 14.5 Å². The van der Waals surface area contributed by atoms with Gasteiger partial charge in [-0.25, -0.2) is 0 Å². The van der Waals surface area contributed by atoms with E-state index in [0.717, 1.165) is 12.1 Å². The number of benzene rings is 2. The molecule has 166 valence electrons. The van der Waals surface area contributed by atoms with Gasteiger partial charge in [-0.15, -0.1) is 0 Å². The fourth-order valence-corrected chi connectivity index (χ4v) is 3.33. The van der Waals surface area contributed by atoms with Crippen molar-refractivity contribution in [2.24, 2.45) is 5.73 Å². The maximum atomic E-state index is 12.9. The van der Waals surface area contributed by atoms with Gasteiger partial charge in [0.1, 0.15) is 0 Å². The fourth-order valence-electron chi connectivity index (χ4n) is 3.33. The lowest BCUT2D eigenvalue weighted by atomic mass is 10.0. The van der Waals surface area contributed by atoms with Gasteiger partial charge < -0.3 is 15.6 Å². The van der Waals surface area contributed by atoms with Gasteiger partial charge in [0.15, 0.2) is 0 Å². The number of carbonyl (C=O) groups is 2. The summed E-state index contributed by atoms with van der Waals surface area (Å²) >= 11 is 0. The highest BCUT2D eigenvalue weighted by Gasteiger charge is 2.34. The molecule has 8 nitrogen and oxygen atoms in total. The molecule has 0 saturated carbocycles. The number of alkyl halides is 3. The second-order valence-corrected chi connectivity index (χ2v) is 7.42. The molecule has 2 aromatic carbocycles. The van der Waals surface area contributed by atoms with Crippen LogP contribution < -0.4 is 11.1 Å². The number of nitrogens with zero attached hydrogens (tertiary/aromatic N) is 3. The maximum absolute atomic E-state index is 12.9. The molecule has 0 aliphatic carbocycles. The van der Waals surface area contributed by atoms with Crippen LogP contribution in [0.5, 0.6) is 0 Å². The van der Waals surface area contributed by atoms with E-state index < -0.39 is 17.6 Å². The quantitative estimate of drug-likeness (QED) is 0.603. The lowest BCUT2D eigenvalue weighted by Gasteiger charge is -2.36. The molecule has 0 unspecified atom stereocenters. The van der Waals surface area contributed by atoms with Gasteiger partial charge in [-0.05, 0) is 36.4 Å². The van der Waals surface area contributed by atoms with E-state index in [1.807, 2.05) is 4.90 Å². The number of primary amides is 1. The Balaban J connectivity index is 1.30. The van der Waals surface area contributed by atoms with Crippen LogP contribution >= 0.6 is 0 Å². The van der Waals surface area contributed by atoms with E-state index in [4.69, 9.17) is 10.3 Å². The number of amides is 2. The Bertz CT molecular complexity index is 1140. The molecule has 1 aliphatic rings. The van der Waals surface area contributed by atoms with Crippen molar-refractivity contribution >= 4 is 17.5 Å². The molecule has 3 N–H and O–H groups in total. The van der Waals surface area contributed by atoms with Crippen molar-refractivity contribution in [2.45, 2.75) is 12.1 Å². The molecule has 0 bridgehead atoms. The summed E-state index contributed by atoms with van der Waals surface area (Å²) in [5.41, 5.74) is 5.50. The largest absolute Gasteiger partial charge is 0.416 e. The number of anilines is 1. The van der Waals surface area contributed by atoms with Crippen LogP contribution in [0.25, 0.3) is 11.4 Å². The molecule has 2 heterocycles. The van der Waals surface area contributed by atoms with Gasteiger partial charge in [0.2, 0.25) is 23.5 Å². The molecular weight excluding hydrogens is 427 g/mol. The average molecular weight is 445 g/mol. The number of nitrogens with two attached hydrogens (primary N) is 1. The third kappa shape index (κ3) is 4.78. The first-order valence-electron chi connectivity index (χ1n) is 9.62. The summed E-state index contributed by atoms with van der Waals surface area (Å²) in [6, 6.07) is 10.9. The highest BCUT2D eigenvalue weighted by atomic mass is 19.4. The lowest BCUT2D eigenvalue weighted by Crippen LogP contribution is -2.48. The summed E-state index contributed by atoms with van der Waals surface area (Å²) in [4.78, 5) is 29.4. The fraction of sp³-hybridized carbons (Fsp3) is 0.238. The van der Waals surface area contributed by atoms with Crippen molar-refractivity contribution in [1.29, 1.82) is 0 Å². The average Bonchev–Trinajstić information content (AvgIpc) is 3.20. The molecule has 1 aromatic heterocycles. The number of nitrogens with one attached hydrogen (secondary N) is 1. The normalized spacial score (nSPS) is 14.7. The summed E-state index contributed by atoms with van der Waals surface area (Å²) in [5, 5.41) is 6.52. The Morgan fingerprint density at radius 3 is 2.53 bits per heavy atom. The zero-order valence-electron chi connectivity index (χ0n) is 16.6. The van der Waals surface area contributed by atoms with Crippen molar-refractivity contribution in [3.8, 4) is 11.4 Å². The molecule has 0 spiro atoms. The van der Waals surface area contributed by atoms with Gasteiger partial charge in [0.05, 0.1) is 18.0 Å². The van der Waals surface area contributed by atoms with Crippen LogP contribution in [0.1, 0.15) is 27.7 Å². The van der Waals surface area contributed by atoms with Crippen LogP contribution in [-0.2, 0) is 11.0 Å². The zero-order chi connectivity index (χ0) is 22.9. The Labute approximate surface area is 180 Å². The third-order valence-electron chi connectivity index (χ3n) is 5.02. The number of halogens is 3. The van der Waals surface area contributed by atoms with Crippen molar-refractivity contribution < 1.29 is 27.3 Å². The Morgan fingerprint density at radius 2 is 1.88 bits per heavy atom. The van der Waals surface area contributed by atoms with Crippen molar-refractivity contribution in [1.82, 2.24) is 15.0 Å². The van der Waals surface area contributed by atoms with Gasteiger partial charge in [0, 0.05) is 29.9 Å². The number of hydrogen-bond donors (Lipinski definition) is 2. The lowest BCUT2D eigenvalue weighted by molar-refractivity contribution is -0.137. The molecule has 0 radical (unpaired) electrons. The molecule has 1 aliphatic heterocycles. The van der Waals surface area contributed by atoms with E-state index in [1.165, 1.54) is 24.3 Å². The number of aromatic nitrogens is 2. The first-order chi connectivity index (χ1) is 15.2. The minimum atomic E-state index is -4.46. The molecule has 0 atom stereocenters. The van der Waals surface area contributed by atoms with E-state index in [-0.39, 0.29) is 29.8 Å². The highest BCUT2D eigenvalue weighted by molar-refractivity contribution is 5.95. The zero-order valence-corrected chi connectivity index (χ0v) is 16.6. The molecule has 4 rings (SSSR count). The second kappa shape index (κ2) is 8.42. The summed E-state index contributed by atoms with van der Waals surface area (Å²) < 4.78 is 43.9. The van der Waals surface area contributed by atoms with Crippen LogP contribution in [0, 0.1) is 0 Å². The molecule has 1 fully saturated rings. The number of carbonyl (C=O) groups excluding carboxylic acids is 2. The summed E-state index contributed by atoms with van der Waals surface area (Å²) in [6.07, 6.45) is -4.46. The number of rotatable bonds is 6. The molecule has 11 heteroatoms. The summed E-state index contributed by atoms with van der Waals surface area (Å²) in [7, 11) is 0. The van der Waals surface area contributed by atoms with Gasteiger partial charge in [0.25, 0.3) is 0 Å². The Kier molecular flexibility index (Phi) is 5.66. The number of likely N-dealkylation sites (tertiary alicyclic amines) is 1. The molecule has 2 amide bonds. The topological polar surface area (TPSA) is 114 Å². The van der Waals surface area contributed by atoms with Gasteiger partial charge in [-0.2, -0.15) is 18.2 Å². The van der Waals surface area contributed by atoms with E-state index in [9.17, 15) is 22.8 Å². The monoisotopic (exact) mass is 445 g/mol. The molecule has 3 aromatic rings. The van der Waals surface area contributed by atoms with Crippen LogP contribution in [-0.4, -0.2) is 46.5 Å². The van der Waals surface area contributed by atoms with Crippen LogP contribution in [0.15, 0.2) is 53.1 Å². The number of hydrogen-bond acceptors (Lipinski definition) is 6. The SMILES string of the molecule is NC(=O)c1ccc(NC(=O)CN2CC(c3nc(-c4cccc(C(F)(F)F)c4)no3)C2)cc1. The third-order valence-corrected chi connectivity index (χ3v) is 5.02. The smallest absolute Gasteiger partial charge is 0.366 e. The second-order valence-electron chi connectivity index (χ2n) is 7.42. The van der Waals surface area contributed by atoms with E-state index in [1.54, 1.807) is 12.1 Å². The highest BCUT2D eigenvalue weighted by Crippen LogP contribution is 2.32. The van der Waals surface area contributed by atoms with E-state index in [2.05, 4.69) is 15.5 Å². The van der Waals surface area contributed by atoms with E-state index >= 15 is 0 Å². The first kappa shape index (κ1) is 21.5. The predicted octanol–water partition coefficient (Wildman–Crippen LogP) is 2.89. The minimum absolute atomic E-state index is 0.0849. The van der Waals surface area contributed by atoms with E-state index in [0.29, 0.717) is 30.2 Å². The first-order valence-corrected chi connectivity index (χ1v) is 9.62. The van der Waals surface area contributed by atoms with Gasteiger partial charge in [-0.1, -0.05) is 17.3 Å². The van der Waals surface area contributed by atoms with Crippen molar-refractivity contribution in [3.05, 3.63) is 65.5 Å². The molecule has 1 saturated heterocycles. The van der Waals surface area contributed by atoms with Crippen molar-refractivity contribution in [3.63, 3.8) is 0 Å². The molecule has 32 heavy (non-hydrogen) atoms. The molecular formula is C21H18F3N5O3. The van der Waals surface area contributed by atoms with Crippen LogP contribution in [0.4, 0.5) is 18.9 Å². The van der Waals surface area contributed by atoms with Gasteiger partial charge >= 0.3 is 6.18 Å². The summed E-state index contributed by atoms with van der Waals surface area (Å²) in [5.74, 6) is -0.486.